The van der Waals surface area contributed by atoms with E-state index in [9.17, 15) is 10.1 Å². The molecule has 2 aromatic carbocycles. The number of halogens is 3. The van der Waals surface area contributed by atoms with Crippen molar-refractivity contribution in [3.63, 3.8) is 0 Å². The zero-order valence-corrected chi connectivity index (χ0v) is 13.9. The van der Waals surface area contributed by atoms with Crippen molar-refractivity contribution < 1.29 is 9.66 Å². The van der Waals surface area contributed by atoms with Crippen molar-refractivity contribution >= 4 is 49.1 Å². The highest BCUT2D eigenvalue weighted by Crippen LogP contribution is 2.34. The van der Waals surface area contributed by atoms with Gasteiger partial charge < -0.3 is 4.74 Å². The minimum Gasteiger partial charge on any atom is -0.456 e. The van der Waals surface area contributed by atoms with Crippen LogP contribution >= 0.6 is 43.5 Å². The molecule has 20 heavy (non-hydrogen) atoms. The Bertz CT molecular complexity index is 664. The lowest BCUT2D eigenvalue weighted by Crippen LogP contribution is -1.91. The summed E-state index contributed by atoms with van der Waals surface area (Å²) in [6.45, 7) is 0. The second-order valence-electron chi connectivity index (χ2n) is 3.86. The molecule has 0 amide bonds. The summed E-state index contributed by atoms with van der Waals surface area (Å²) in [4.78, 5) is 10.3. The van der Waals surface area contributed by atoms with E-state index in [-0.39, 0.29) is 5.69 Å². The molecule has 0 bridgehead atoms. The van der Waals surface area contributed by atoms with Crippen molar-refractivity contribution in [2.45, 2.75) is 5.33 Å². The van der Waals surface area contributed by atoms with Gasteiger partial charge in [0.1, 0.15) is 11.5 Å². The topological polar surface area (TPSA) is 52.4 Å². The molecule has 0 saturated carbocycles. The predicted octanol–water partition coefficient (Wildman–Crippen LogP) is 5.70. The van der Waals surface area contributed by atoms with E-state index in [1.54, 1.807) is 18.2 Å². The van der Waals surface area contributed by atoms with Crippen LogP contribution in [0.1, 0.15) is 5.56 Å². The molecule has 0 atom stereocenters. The highest BCUT2D eigenvalue weighted by molar-refractivity contribution is 9.10. The Labute approximate surface area is 137 Å². The maximum atomic E-state index is 10.8. The second kappa shape index (κ2) is 6.56. The summed E-state index contributed by atoms with van der Waals surface area (Å²) in [5, 5.41) is 12.0. The Morgan fingerprint density at radius 2 is 2.00 bits per heavy atom. The Morgan fingerprint density at radius 3 is 2.60 bits per heavy atom. The summed E-state index contributed by atoms with van der Waals surface area (Å²) in [5.74, 6) is 0.878. The van der Waals surface area contributed by atoms with E-state index < -0.39 is 4.92 Å². The van der Waals surface area contributed by atoms with Gasteiger partial charge in [0.05, 0.1) is 15.5 Å². The lowest BCUT2D eigenvalue weighted by atomic mass is 10.2. The number of ether oxygens (including phenoxy) is 1. The van der Waals surface area contributed by atoms with Crippen LogP contribution in [0.3, 0.4) is 0 Å². The molecule has 0 unspecified atom stereocenters. The summed E-state index contributed by atoms with van der Waals surface area (Å²) >= 11 is 12.7. The minimum atomic E-state index is -0.472. The summed E-state index contributed by atoms with van der Waals surface area (Å²) in [7, 11) is 0. The number of non-ortho nitro benzene ring substituents is 1. The largest absolute Gasteiger partial charge is 0.456 e. The van der Waals surface area contributed by atoms with Gasteiger partial charge in [-0.15, -0.1) is 0 Å². The third kappa shape index (κ3) is 3.50. The number of benzene rings is 2. The zero-order valence-electron chi connectivity index (χ0n) is 9.98. The number of hydrogen-bond acceptors (Lipinski definition) is 3. The first kappa shape index (κ1) is 15.3. The van der Waals surface area contributed by atoms with Gasteiger partial charge in [-0.3, -0.25) is 10.1 Å². The van der Waals surface area contributed by atoms with Crippen LogP contribution in [0.5, 0.6) is 11.5 Å². The molecule has 4 nitrogen and oxygen atoms in total. The molecule has 0 spiro atoms. The lowest BCUT2D eigenvalue weighted by molar-refractivity contribution is -0.384. The highest BCUT2D eigenvalue weighted by atomic mass is 79.9. The van der Waals surface area contributed by atoms with Crippen LogP contribution in [0.25, 0.3) is 0 Å². The third-order valence-corrected chi connectivity index (χ3v) is 4.13. The van der Waals surface area contributed by atoms with Gasteiger partial charge in [-0.25, -0.2) is 0 Å². The van der Waals surface area contributed by atoms with Crippen LogP contribution in [-0.4, -0.2) is 4.92 Å². The molecule has 0 radical (unpaired) electrons. The highest BCUT2D eigenvalue weighted by Gasteiger charge is 2.12. The van der Waals surface area contributed by atoms with E-state index in [0.29, 0.717) is 26.3 Å². The molecule has 0 aromatic heterocycles. The van der Waals surface area contributed by atoms with Gasteiger partial charge in [0.25, 0.3) is 5.69 Å². The zero-order chi connectivity index (χ0) is 14.7. The smallest absolute Gasteiger partial charge is 0.273 e. The Kier molecular flexibility index (Phi) is 5.01. The van der Waals surface area contributed by atoms with Gasteiger partial charge in [-0.2, -0.15) is 0 Å². The maximum absolute atomic E-state index is 10.8. The molecular formula is C13H8Br2ClNO3. The summed E-state index contributed by atoms with van der Waals surface area (Å²) in [5.41, 5.74) is 0.906. The fourth-order valence-electron chi connectivity index (χ4n) is 1.51. The average Bonchev–Trinajstić information content (AvgIpc) is 2.41. The molecule has 0 aliphatic rings. The van der Waals surface area contributed by atoms with Gasteiger partial charge in [0, 0.05) is 16.4 Å². The van der Waals surface area contributed by atoms with Crippen LogP contribution in [0.2, 0.25) is 5.02 Å². The van der Waals surface area contributed by atoms with Crippen molar-refractivity contribution in [1.29, 1.82) is 0 Å². The van der Waals surface area contributed by atoms with E-state index in [0.717, 1.165) is 5.56 Å². The molecule has 0 aliphatic heterocycles. The Balaban J connectivity index is 2.32. The quantitative estimate of drug-likeness (QED) is 0.362. The first-order valence-corrected chi connectivity index (χ1v) is 7.76. The molecule has 2 rings (SSSR count). The molecule has 0 saturated heterocycles. The van der Waals surface area contributed by atoms with Crippen LogP contribution < -0.4 is 4.74 Å². The summed E-state index contributed by atoms with van der Waals surface area (Å²) in [6.07, 6.45) is 0. The molecule has 0 N–H and O–H groups in total. The number of rotatable bonds is 4. The fraction of sp³-hybridized carbons (Fsp3) is 0.0769. The van der Waals surface area contributed by atoms with Gasteiger partial charge in [0.15, 0.2) is 0 Å². The maximum Gasteiger partial charge on any atom is 0.273 e. The molecule has 7 heteroatoms. The normalized spacial score (nSPS) is 10.3. The van der Waals surface area contributed by atoms with E-state index >= 15 is 0 Å². The van der Waals surface area contributed by atoms with Crippen molar-refractivity contribution in [3.05, 3.63) is 61.6 Å². The van der Waals surface area contributed by atoms with Gasteiger partial charge >= 0.3 is 0 Å². The predicted molar refractivity (Wildman–Crippen MR) is 85.0 cm³/mol. The summed E-state index contributed by atoms with van der Waals surface area (Å²) in [6, 6.07) is 9.59. The average molecular weight is 421 g/mol. The van der Waals surface area contributed by atoms with Gasteiger partial charge in [-0.1, -0.05) is 33.6 Å². The molecule has 2 aromatic rings. The Hall–Kier alpha value is -1.11. The van der Waals surface area contributed by atoms with Gasteiger partial charge in [-0.05, 0) is 39.7 Å². The number of nitrogens with zero attached hydrogens (tertiary/aromatic N) is 1. The second-order valence-corrected chi connectivity index (χ2v) is 5.68. The van der Waals surface area contributed by atoms with E-state index in [1.165, 1.54) is 12.1 Å². The number of nitro benzene ring substituents is 1. The van der Waals surface area contributed by atoms with Crippen LogP contribution in [-0.2, 0) is 5.33 Å². The first-order valence-electron chi connectivity index (χ1n) is 5.47. The fourth-order valence-corrected chi connectivity index (χ4v) is 2.73. The first-order chi connectivity index (χ1) is 9.51. The van der Waals surface area contributed by atoms with Gasteiger partial charge in [0.2, 0.25) is 0 Å². The van der Waals surface area contributed by atoms with Crippen molar-refractivity contribution in [1.82, 2.24) is 0 Å². The third-order valence-electron chi connectivity index (χ3n) is 2.52. The Morgan fingerprint density at radius 1 is 1.25 bits per heavy atom. The van der Waals surface area contributed by atoms with E-state index in [1.807, 2.05) is 6.07 Å². The monoisotopic (exact) mass is 419 g/mol. The number of alkyl halides is 1. The molecule has 0 aliphatic carbocycles. The number of nitro groups is 1. The SMILES string of the molecule is O=[N+]([O-])c1ccc(Br)c(Oc2ccc(CBr)c(Cl)c2)c1. The van der Waals surface area contributed by atoms with Crippen molar-refractivity contribution in [2.75, 3.05) is 0 Å². The van der Waals surface area contributed by atoms with Crippen LogP contribution in [0.4, 0.5) is 5.69 Å². The van der Waals surface area contributed by atoms with Crippen molar-refractivity contribution in [2.24, 2.45) is 0 Å². The standard InChI is InChI=1S/C13H8Br2ClNO3/c14-7-8-1-3-10(6-12(8)16)20-13-5-9(17(18)19)2-4-11(13)15/h1-6H,7H2. The molecule has 0 heterocycles. The van der Waals surface area contributed by atoms with E-state index in [4.69, 9.17) is 16.3 Å². The molecular weight excluding hydrogens is 413 g/mol. The number of hydrogen-bond donors (Lipinski definition) is 0. The molecule has 0 fully saturated rings. The lowest BCUT2D eigenvalue weighted by Gasteiger charge is -2.09. The molecule has 104 valence electrons. The van der Waals surface area contributed by atoms with E-state index in [2.05, 4.69) is 31.9 Å². The van der Waals surface area contributed by atoms with Crippen LogP contribution in [0, 0.1) is 10.1 Å². The van der Waals surface area contributed by atoms with Crippen LogP contribution in [0.15, 0.2) is 40.9 Å². The van der Waals surface area contributed by atoms with Crippen molar-refractivity contribution in [3.8, 4) is 11.5 Å². The summed E-state index contributed by atoms with van der Waals surface area (Å²) < 4.78 is 6.26. The minimum absolute atomic E-state index is 0.0358.